The van der Waals surface area contributed by atoms with Crippen LogP contribution in [0.5, 0.6) is 0 Å². The molecule has 0 atom stereocenters. The largest absolute Gasteiger partial charge is 0.385 e. The molecular weight excluding hydrogens is 396 g/mol. The fraction of sp³-hybridized carbons (Fsp3) is 0.769. The zero-order valence-corrected chi connectivity index (χ0v) is 19.3. The van der Waals surface area contributed by atoms with E-state index in [-0.39, 0.29) is 6.29 Å². The van der Waals surface area contributed by atoms with Gasteiger partial charge in [0.15, 0.2) is 6.29 Å². The average molecular weight is 435 g/mol. The second-order valence-electron chi connectivity index (χ2n) is 9.87. The Morgan fingerprint density at radius 2 is 1.47 bits per heavy atom. The maximum atomic E-state index is 6.29. The first-order valence-electron chi connectivity index (χ1n) is 12.2. The Hall–Kier alpha value is -0.610. The Balaban J connectivity index is 1.15. The molecule has 1 heterocycles. The number of benzene rings is 1. The van der Waals surface area contributed by atoms with Crippen molar-refractivity contribution in [3.05, 3.63) is 34.9 Å². The van der Waals surface area contributed by atoms with Crippen molar-refractivity contribution in [2.75, 3.05) is 26.9 Å². The molecule has 1 aromatic carbocycles. The number of hydrogen-bond acceptors (Lipinski definition) is 3. The monoisotopic (exact) mass is 434 g/mol. The number of rotatable bonds is 7. The summed E-state index contributed by atoms with van der Waals surface area (Å²) in [6, 6.07) is 8.42. The molecule has 0 bridgehead atoms. The molecule has 1 aliphatic heterocycles. The summed E-state index contributed by atoms with van der Waals surface area (Å²) in [5.41, 5.74) is 1.43. The topological polar surface area (TPSA) is 27.7 Å². The Labute approximate surface area is 187 Å². The third kappa shape index (κ3) is 6.00. The molecule has 0 spiro atoms. The predicted octanol–water partition coefficient (Wildman–Crippen LogP) is 6.84. The molecule has 0 radical (unpaired) electrons. The predicted molar refractivity (Wildman–Crippen MR) is 122 cm³/mol. The molecule has 1 aromatic rings. The molecule has 4 rings (SSSR count). The van der Waals surface area contributed by atoms with Gasteiger partial charge in [0.2, 0.25) is 0 Å². The van der Waals surface area contributed by atoms with Crippen LogP contribution in [0.2, 0.25) is 5.02 Å². The molecule has 1 saturated heterocycles. The molecule has 3 nitrogen and oxygen atoms in total. The third-order valence-corrected chi connectivity index (χ3v) is 8.22. The lowest BCUT2D eigenvalue weighted by molar-refractivity contribution is -0.236. The minimum atomic E-state index is 0.0257. The molecule has 2 saturated carbocycles. The number of ether oxygens (including phenoxy) is 3. The summed E-state index contributed by atoms with van der Waals surface area (Å²) < 4.78 is 17.8. The van der Waals surface area contributed by atoms with E-state index in [1.807, 2.05) is 12.1 Å². The van der Waals surface area contributed by atoms with Crippen LogP contribution in [0.15, 0.2) is 24.3 Å². The van der Waals surface area contributed by atoms with Crippen molar-refractivity contribution in [1.82, 2.24) is 0 Å². The Bertz CT molecular complexity index is 610. The highest BCUT2D eigenvalue weighted by Crippen LogP contribution is 2.41. The van der Waals surface area contributed by atoms with Gasteiger partial charge in [-0.05, 0) is 86.8 Å². The van der Waals surface area contributed by atoms with Crippen molar-refractivity contribution in [3.8, 4) is 0 Å². The minimum Gasteiger partial charge on any atom is -0.385 e. The van der Waals surface area contributed by atoms with Gasteiger partial charge in [-0.25, -0.2) is 0 Å². The molecule has 168 valence electrons. The zero-order valence-electron chi connectivity index (χ0n) is 18.6. The molecule has 2 aliphatic carbocycles. The van der Waals surface area contributed by atoms with Gasteiger partial charge in [0.05, 0.1) is 13.2 Å². The van der Waals surface area contributed by atoms with Crippen LogP contribution < -0.4 is 0 Å². The van der Waals surface area contributed by atoms with Crippen LogP contribution in [0.25, 0.3) is 0 Å². The van der Waals surface area contributed by atoms with E-state index in [1.165, 1.54) is 69.8 Å². The van der Waals surface area contributed by atoms with Crippen LogP contribution in [-0.4, -0.2) is 33.2 Å². The Kier molecular flexibility index (Phi) is 8.51. The summed E-state index contributed by atoms with van der Waals surface area (Å²) in [4.78, 5) is 0. The van der Waals surface area contributed by atoms with Gasteiger partial charge in [-0.2, -0.15) is 0 Å². The van der Waals surface area contributed by atoms with E-state index in [1.54, 1.807) is 7.11 Å². The Morgan fingerprint density at radius 3 is 2.10 bits per heavy atom. The second-order valence-corrected chi connectivity index (χ2v) is 10.3. The smallest absolute Gasteiger partial charge is 0.160 e. The fourth-order valence-electron chi connectivity index (χ4n) is 6.00. The SMILES string of the molecule is COCCC[C@H]1CC[C@H](C2COC(C3CCC(c4ccc(Cl)cc4)CC3)OC2)CC1. The molecule has 0 amide bonds. The van der Waals surface area contributed by atoms with Crippen LogP contribution in [-0.2, 0) is 14.2 Å². The van der Waals surface area contributed by atoms with Crippen molar-refractivity contribution in [2.24, 2.45) is 23.7 Å². The van der Waals surface area contributed by atoms with Crippen LogP contribution in [0.3, 0.4) is 0 Å². The molecule has 0 unspecified atom stereocenters. The summed E-state index contributed by atoms with van der Waals surface area (Å²) in [6.07, 6.45) is 12.9. The Morgan fingerprint density at radius 1 is 0.833 bits per heavy atom. The van der Waals surface area contributed by atoms with Gasteiger partial charge in [-0.1, -0.05) is 36.6 Å². The van der Waals surface area contributed by atoms with Crippen LogP contribution in [0.1, 0.15) is 75.7 Å². The van der Waals surface area contributed by atoms with E-state index in [9.17, 15) is 0 Å². The van der Waals surface area contributed by atoms with Gasteiger partial charge in [-0.15, -0.1) is 0 Å². The summed E-state index contributed by atoms with van der Waals surface area (Å²) in [7, 11) is 1.80. The molecular formula is C26H39ClO3. The second kappa shape index (κ2) is 11.3. The highest BCUT2D eigenvalue weighted by atomic mass is 35.5. The first-order chi connectivity index (χ1) is 14.7. The number of methoxy groups -OCH3 is 1. The van der Waals surface area contributed by atoms with Crippen molar-refractivity contribution in [3.63, 3.8) is 0 Å². The van der Waals surface area contributed by atoms with E-state index in [0.717, 1.165) is 36.7 Å². The van der Waals surface area contributed by atoms with Gasteiger partial charge in [0, 0.05) is 30.6 Å². The van der Waals surface area contributed by atoms with Crippen molar-refractivity contribution < 1.29 is 14.2 Å². The summed E-state index contributed by atoms with van der Waals surface area (Å²) in [5, 5.41) is 0.825. The molecule has 3 aliphatic rings. The molecule has 4 heteroatoms. The lowest BCUT2D eigenvalue weighted by Gasteiger charge is -2.41. The van der Waals surface area contributed by atoms with Crippen molar-refractivity contribution >= 4 is 11.6 Å². The molecule has 30 heavy (non-hydrogen) atoms. The maximum absolute atomic E-state index is 6.29. The maximum Gasteiger partial charge on any atom is 0.160 e. The van der Waals surface area contributed by atoms with Gasteiger partial charge >= 0.3 is 0 Å². The van der Waals surface area contributed by atoms with Gasteiger partial charge in [0.25, 0.3) is 0 Å². The third-order valence-electron chi connectivity index (χ3n) is 7.97. The van der Waals surface area contributed by atoms with Gasteiger partial charge in [0.1, 0.15) is 0 Å². The quantitative estimate of drug-likeness (QED) is 0.440. The highest BCUT2D eigenvalue weighted by Gasteiger charge is 2.36. The molecule has 3 fully saturated rings. The first kappa shape index (κ1) is 22.6. The van der Waals surface area contributed by atoms with E-state index < -0.39 is 0 Å². The van der Waals surface area contributed by atoms with E-state index in [0.29, 0.717) is 17.8 Å². The molecule has 0 N–H and O–H groups in total. The van der Waals surface area contributed by atoms with Crippen molar-refractivity contribution in [2.45, 2.75) is 76.4 Å². The number of halogens is 1. The standard InChI is InChI=1S/C26H39ClO3/c1-28-16-2-3-19-4-6-22(7-5-19)24-17-29-26(30-18-24)23-10-8-20(9-11-23)21-12-14-25(27)15-13-21/h12-15,19-20,22-24,26H,2-11,16-18H2,1H3/t19-,20?,22-,23?,24?,26?. The van der Waals surface area contributed by atoms with Crippen LogP contribution in [0.4, 0.5) is 0 Å². The van der Waals surface area contributed by atoms with Crippen molar-refractivity contribution in [1.29, 1.82) is 0 Å². The van der Waals surface area contributed by atoms with Crippen LogP contribution >= 0.6 is 11.6 Å². The zero-order chi connectivity index (χ0) is 20.8. The van der Waals surface area contributed by atoms with E-state index in [4.69, 9.17) is 25.8 Å². The van der Waals surface area contributed by atoms with E-state index in [2.05, 4.69) is 12.1 Å². The molecule has 0 aromatic heterocycles. The average Bonchev–Trinajstić information content (AvgIpc) is 2.81. The lowest BCUT2D eigenvalue weighted by atomic mass is 9.74. The summed E-state index contributed by atoms with van der Waals surface area (Å²) in [5.74, 6) is 3.53. The first-order valence-corrected chi connectivity index (χ1v) is 12.6. The minimum absolute atomic E-state index is 0.0257. The van der Waals surface area contributed by atoms with Gasteiger partial charge < -0.3 is 14.2 Å². The fourth-order valence-corrected chi connectivity index (χ4v) is 6.13. The number of hydrogen-bond donors (Lipinski definition) is 0. The normalized spacial score (nSPS) is 35.3. The summed E-state index contributed by atoms with van der Waals surface area (Å²) >= 11 is 6.04. The van der Waals surface area contributed by atoms with E-state index >= 15 is 0 Å². The summed E-state index contributed by atoms with van der Waals surface area (Å²) in [6.45, 7) is 2.72. The lowest BCUT2D eigenvalue weighted by Crippen LogP contribution is -2.41. The highest BCUT2D eigenvalue weighted by molar-refractivity contribution is 6.30. The van der Waals surface area contributed by atoms with Gasteiger partial charge in [-0.3, -0.25) is 0 Å². The van der Waals surface area contributed by atoms with Crippen LogP contribution in [0, 0.1) is 23.7 Å².